The van der Waals surface area contributed by atoms with Crippen LogP contribution in [-0.4, -0.2) is 42.0 Å². The first kappa shape index (κ1) is 22.7. The van der Waals surface area contributed by atoms with E-state index in [0.717, 1.165) is 12.8 Å². The molecule has 3 rings (SSSR count). The number of hydrogen-bond acceptors (Lipinski definition) is 6. The van der Waals surface area contributed by atoms with Gasteiger partial charge in [0.25, 0.3) is 5.91 Å². The number of ether oxygens (including phenoxy) is 1. The molecule has 1 heterocycles. The minimum absolute atomic E-state index is 0.138. The van der Waals surface area contributed by atoms with Crippen LogP contribution < -0.4 is 21.5 Å². The van der Waals surface area contributed by atoms with Crippen molar-refractivity contribution in [2.45, 2.75) is 64.3 Å². The number of amides is 3. The molecule has 3 amide bonds. The third-order valence-corrected chi connectivity index (χ3v) is 5.61. The summed E-state index contributed by atoms with van der Waals surface area (Å²) in [6, 6.07) is 7.78. The highest BCUT2D eigenvalue weighted by Crippen LogP contribution is 2.26. The van der Waals surface area contributed by atoms with Crippen LogP contribution in [0.25, 0.3) is 0 Å². The number of carbonyl (C=O) groups excluding carboxylic acids is 4. The molecule has 4 N–H and O–H groups in total. The summed E-state index contributed by atoms with van der Waals surface area (Å²) in [5.41, 5.74) is 5.26. The molecule has 1 aromatic carbocycles. The first-order chi connectivity index (χ1) is 14.8. The second kappa shape index (κ2) is 10.4. The number of hydrogen-bond donors (Lipinski definition) is 4. The minimum Gasteiger partial charge on any atom is -0.420 e. The maximum atomic E-state index is 13.1. The first-order valence-electron chi connectivity index (χ1n) is 10.8. The molecule has 0 spiro atoms. The summed E-state index contributed by atoms with van der Waals surface area (Å²) in [6.45, 7) is 3.89. The maximum Gasteiger partial charge on any atom is 0.423 e. The van der Waals surface area contributed by atoms with Crippen LogP contribution in [0.3, 0.4) is 0 Å². The fourth-order valence-electron chi connectivity index (χ4n) is 4.06. The van der Waals surface area contributed by atoms with Gasteiger partial charge in [-0.05, 0) is 37.3 Å². The van der Waals surface area contributed by atoms with E-state index < -0.39 is 30.1 Å². The lowest BCUT2D eigenvalue weighted by Gasteiger charge is -2.32. The maximum absolute atomic E-state index is 13.1. The lowest BCUT2D eigenvalue weighted by molar-refractivity contribution is -0.135. The monoisotopic (exact) mass is 430 g/mol. The van der Waals surface area contributed by atoms with E-state index in [1.165, 1.54) is 0 Å². The minimum atomic E-state index is -1.14. The van der Waals surface area contributed by atoms with E-state index in [1.807, 2.05) is 19.9 Å². The van der Waals surface area contributed by atoms with Crippen molar-refractivity contribution in [3.05, 3.63) is 35.9 Å². The number of cyclic esters (lactones) is 1. The Hall–Kier alpha value is -2.94. The molecule has 31 heavy (non-hydrogen) atoms. The van der Waals surface area contributed by atoms with Crippen LogP contribution in [-0.2, 0) is 14.3 Å². The second-order valence-electron chi connectivity index (χ2n) is 8.48. The van der Waals surface area contributed by atoms with Crippen molar-refractivity contribution in [3.63, 3.8) is 0 Å². The molecule has 1 aromatic rings. The van der Waals surface area contributed by atoms with Gasteiger partial charge in [0.1, 0.15) is 0 Å². The third kappa shape index (κ3) is 6.04. The number of nitrogens with one attached hydrogen (secondary N) is 4. The molecular formula is C22H30N4O5. The molecule has 1 aliphatic carbocycles. The van der Waals surface area contributed by atoms with Gasteiger partial charge in [0.2, 0.25) is 17.9 Å². The Morgan fingerprint density at radius 2 is 1.84 bits per heavy atom. The summed E-state index contributed by atoms with van der Waals surface area (Å²) >= 11 is 0. The van der Waals surface area contributed by atoms with Gasteiger partial charge in [0.05, 0.1) is 12.0 Å². The number of carbonyl (C=O) groups is 4. The topological polar surface area (TPSA) is 126 Å². The van der Waals surface area contributed by atoms with Crippen LogP contribution >= 0.6 is 0 Å². The Morgan fingerprint density at radius 1 is 1.13 bits per heavy atom. The van der Waals surface area contributed by atoms with Crippen molar-refractivity contribution in [2.75, 3.05) is 0 Å². The van der Waals surface area contributed by atoms with Gasteiger partial charge in [-0.25, -0.2) is 4.79 Å². The van der Waals surface area contributed by atoms with Crippen LogP contribution in [0.2, 0.25) is 0 Å². The predicted octanol–water partition coefficient (Wildman–Crippen LogP) is 1.65. The molecule has 1 saturated carbocycles. The molecule has 1 aliphatic heterocycles. The molecule has 168 valence electrons. The average Bonchev–Trinajstić information content (AvgIpc) is 3.19. The summed E-state index contributed by atoms with van der Waals surface area (Å²) < 4.78 is 4.92. The third-order valence-electron chi connectivity index (χ3n) is 5.61. The zero-order valence-corrected chi connectivity index (χ0v) is 17.9. The van der Waals surface area contributed by atoms with E-state index in [1.54, 1.807) is 24.3 Å². The van der Waals surface area contributed by atoms with Crippen LogP contribution in [0.5, 0.6) is 0 Å². The zero-order valence-electron chi connectivity index (χ0n) is 17.9. The number of rotatable bonds is 8. The quantitative estimate of drug-likeness (QED) is 0.497. The SMILES string of the molecule is CC(C)C[C@H](NC(=O)[C@@H]1CCCC[C@@H]1NC(=O)c1ccccc1)C(=O)C1NNC(=O)O1. The Morgan fingerprint density at radius 3 is 2.48 bits per heavy atom. The Labute approximate surface area is 181 Å². The first-order valence-corrected chi connectivity index (χ1v) is 10.8. The molecule has 2 fully saturated rings. The Kier molecular flexibility index (Phi) is 7.62. The molecular weight excluding hydrogens is 400 g/mol. The predicted molar refractivity (Wildman–Crippen MR) is 113 cm³/mol. The van der Waals surface area contributed by atoms with E-state index in [9.17, 15) is 19.2 Å². The van der Waals surface area contributed by atoms with E-state index in [2.05, 4.69) is 21.5 Å². The fraction of sp³-hybridized carbons (Fsp3) is 0.545. The number of benzene rings is 1. The van der Waals surface area contributed by atoms with Gasteiger partial charge in [0.15, 0.2) is 0 Å². The number of Topliss-reactive ketones (excluding diaryl/α,β-unsaturated/α-hetero) is 1. The molecule has 9 nitrogen and oxygen atoms in total. The number of hydrazine groups is 1. The van der Waals surface area contributed by atoms with Crippen molar-refractivity contribution in [2.24, 2.45) is 11.8 Å². The zero-order chi connectivity index (χ0) is 22.4. The van der Waals surface area contributed by atoms with E-state index >= 15 is 0 Å². The van der Waals surface area contributed by atoms with Gasteiger partial charge in [-0.3, -0.25) is 19.8 Å². The van der Waals surface area contributed by atoms with Crippen LogP contribution in [0.4, 0.5) is 4.79 Å². The Bertz CT molecular complexity index is 813. The van der Waals surface area contributed by atoms with Gasteiger partial charge < -0.3 is 15.4 Å². The molecule has 0 bridgehead atoms. The second-order valence-corrected chi connectivity index (χ2v) is 8.48. The molecule has 9 heteroatoms. The molecule has 4 atom stereocenters. The highest BCUT2D eigenvalue weighted by Gasteiger charge is 2.38. The smallest absolute Gasteiger partial charge is 0.420 e. The van der Waals surface area contributed by atoms with Gasteiger partial charge in [0, 0.05) is 11.6 Å². The average molecular weight is 431 g/mol. The molecule has 0 radical (unpaired) electrons. The van der Waals surface area contributed by atoms with E-state index in [4.69, 9.17) is 4.74 Å². The largest absolute Gasteiger partial charge is 0.423 e. The normalized spacial score (nSPS) is 24.1. The van der Waals surface area contributed by atoms with Gasteiger partial charge >= 0.3 is 6.09 Å². The summed E-state index contributed by atoms with van der Waals surface area (Å²) in [4.78, 5) is 49.8. The molecule has 2 aliphatic rings. The van der Waals surface area contributed by atoms with Crippen molar-refractivity contribution >= 4 is 23.7 Å². The van der Waals surface area contributed by atoms with E-state index in [0.29, 0.717) is 24.8 Å². The summed E-state index contributed by atoms with van der Waals surface area (Å²) in [6.07, 6.45) is 1.67. The van der Waals surface area contributed by atoms with Crippen molar-refractivity contribution < 1.29 is 23.9 Å². The summed E-state index contributed by atoms with van der Waals surface area (Å²) in [5, 5.41) is 5.85. The van der Waals surface area contributed by atoms with Gasteiger partial charge in [-0.1, -0.05) is 44.9 Å². The standard InChI is InChI=1S/C22H30N4O5/c1-13(2)12-17(18(27)21-25-26-22(30)31-21)24-20(29)15-10-6-7-11-16(15)23-19(28)14-8-4-3-5-9-14/h3-5,8-9,13,15-17,21,25H,6-7,10-12H2,1-2H3,(H,23,28)(H,24,29)(H,26,30)/t15-,16+,17+,21?/m1/s1. The highest BCUT2D eigenvalue weighted by atomic mass is 16.6. The highest BCUT2D eigenvalue weighted by molar-refractivity contribution is 5.96. The Balaban J connectivity index is 1.67. The summed E-state index contributed by atoms with van der Waals surface area (Å²) in [7, 11) is 0. The lowest BCUT2D eigenvalue weighted by atomic mass is 9.83. The van der Waals surface area contributed by atoms with Crippen LogP contribution in [0.1, 0.15) is 56.3 Å². The molecule has 0 aromatic heterocycles. The number of ketones is 1. The van der Waals surface area contributed by atoms with Crippen LogP contribution in [0.15, 0.2) is 30.3 Å². The van der Waals surface area contributed by atoms with Crippen molar-refractivity contribution in [1.82, 2.24) is 21.5 Å². The van der Waals surface area contributed by atoms with Crippen molar-refractivity contribution in [3.8, 4) is 0 Å². The molecule has 1 unspecified atom stereocenters. The van der Waals surface area contributed by atoms with Gasteiger partial charge in [-0.15, -0.1) is 0 Å². The lowest BCUT2D eigenvalue weighted by Crippen LogP contribution is -2.54. The van der Waals surface area contributed by atoms with E-state index in [-0.39, 0.29) is 23.8 Å². The van der Waals surface area contributed by atoms with Gasteiger partial charge in [-0.2, -0.15) is 5.43 Å². The van der Waals surface area contributed by atoms with Crippen molar-refractivity contribution in [1.29, 1.82) is 0 Å². The molecule has 1 saturated heterocycles. The van der Waals surface area contributed by atoms with Crippen LogP contribution in [0, 0.1) is 11.8 Å². The fourth-order valence-corrected chi connectivity index (χ4v) is 4.06. The summed E-state index contributed by atoms with van der Waals surface area (Å²) in [5.74, 6) is -1.19.